The quantitative estimate of drug-likeness (QED) is 0.929. The van der Waals surface area contributed by atoms with Gasteiger partial charge in [0.05, 0.1) is 12.8 Å². The van der Waals surface area contributed by atoms with Crippen LogP contribution in [-0.4, -0.2) is 23.9 Å². The molecule has 0 bridgehead atoms. The van der Waals surface area contributed by atoms with Crippen LogP contribution < -0.4 is 5.32 Å². The average Bonchev–Trinajstić information content (AvgIpc) is 3.14. The summed E-state index contributed by atoms with van der Waals surface area (Å²) in [4.78, 5) is 14.3. The van der Waals surface area contributed by atoms with E-state index in [4.69, 9.17) is 4.42 Å². The van der Waals surface area contributed by atoms with E-state index in [1.54, 1.807) is 11.2 Å². The standard InChI is InChI=1S/C16H18N2O2/c1-2-18(11-14-4-3-9-20-14)16(19)13-6-5-12-7-8-17-15(12)10-13/h3-6,9-10,17H,2,7-8,11H2,1H3. The lowest BCUT2D eigenvalue weighted by atomic mass is 10.1. The zero-order valence-corrected chi connectivity index (χ0v) is 11.6. The van der Waals surface area contributed by atoms with Crippen molar-refractivity contribution in [3.8, 4) is 0 Å². The van der Waals surface area contributed by atoms with Gasteiger partial charge in [0.25, 0.3) is 5.91 Å². The number of fused-ring (bicyclic) bond motifs is 1. The Morgan fingerprint density at radius 2 is 2.30 bits per heavy atom. The summed E-state index contributed by atoms with van der Waals surface area (Å²) in [5.41, 5.74) is 3.10. The van der Waals surface area contributed by atoms with Crippen LogP contribution in [0.15, 0.2) is 41.0 Å². The highest BCUT2D eigenvalue weighted by Crippen LogP contribution is 2.24. The zero-order chi connectivity index (χ0) is 13.9. The van der Waals surface area contributed by atoms with Crippen LogP contribution in [0, 0.1) is 0 Å². The Kier molecular flexibility index (Phi) is 3.46. The van der Waals surface area contributed by atoms with Crippen molar-refractivity contribution < 1.29 is 9.21 Å². The number of hydrogen-bond donors (Lipinski definition) is 1. The Morgan fingerprint density at radius 1 is 1.40 bits per heavy atom. The summed E-state index contributed by atoms with van der Waals surface area (Å²) >= 11 is 0. The summed E-state index contributed by atoms with van der Waals surface area (Å²) in [6.07, 6.45) is 2.67. The van der Waals surface area contributed by atoms with Crippen molar-refractivity contribution in [2.75, 3.05) is 18.4 Å². The number of furan rings is 1. The van der Waals surface area contributed by atoms with Gasteiger partial charge in [-0.1, -0.05) is 6.07 Å². The van der Waals surface area contributed by atoms with Crippen LogP contribution in [0.25, 0.3) is 0 Å². The normalized spacial score (nSPS) is 12.8. The maximum atomic E-state index is 12.6. The minimum Gasteiger partial charge on any atom is -0.467 e. The molecule has 0 spiro atoms. The number of carbonyl (C=O) groups is 1. The fourth-order valence-corrected chi connectivity index (χ4v) is 2.52. The lowest BCUT2D eigenvalue weighted by molar-refractivity contribution is 0.0741. The molecule has 0 aliphatic carbocycles. The third-order valence-corrected chi connectivity index (χ3v) is 3.66. The SMILES string of the molecule is CCN(Cc1ccco1)C(=O)c1ccc2c(c1)NCC2. The second-order valence-electron chi connectivity index (χ2n) is 4.95. The maximum Gasteiger partial charge on any atom is 0.254 e. The van der Waals surface area contributed by atoms with Gasteiger partial charge in [-0.05, 0) is 43.2 Å². The molecule has 0 fully saturated rings. The highest BCUT2D eigenvalue weighted by Gasteiger charge is 2.18. The maximum absolute atomic E-state index is 12.6. The molecule has 0 saturated carbocycles. The molecule has 0 radical (unpaired) electrons. The second-order valence-corrected chi connectivity index (χ2v) is 4.95. The average molecular weight is 270 g/mol. The lowest BCUT2D eigenvalue weighted by Crippen LogP contribution is -2.30. The number of nitrogens with one attached hydrogen (secondary N) is 1. The number of nitrogens with zero attached hydrogens (tertiary/aromatic N) is 1. The highest BCUT2D eigenvalue weighted by molar-refractivity contribution is 5.95. The number of hydrogen-bond acceptors (Lipinski definition) is 3. The van der Waals surface area contributed by atoms with Gasteiger partial charge in [-0.2, -0.15) is 0 Å². The van der Waals surface area contributed by atoms with Crippen molar-refractivity contribution >= 4 is 11.6 Å². The summed E-state index contributed by atoms with van der Waals surface area (Å²) < 4.78 is 5.32. The Labute approximate surface area is 118 Å². The lowest BCUT2D eigenvalue weighted by Gasteiger charge is -2.20. The second kappa shape index (κ2) is 5.41. The van der Waals surface area contributed by atoms with Crippen molar-refractivity contribution in [2.45, 2.75) is 19.9 Å². The molecule has 1 aromatic heterocycles. The minimum atomic E-state index is 0.0420. The van der Waals surface area contributed by atoms with E-state index in [0.29, 0.717) is 13.1 Å². The first-order valence-corrected chi connectivity index (χ1v) is 6.96. The molecule has 4 nitrogen and oxygen atoms in total. The van der Waals surface area contributed by atoms with Gasteiger partial charge in [-0.3, -0.25) is 4.79 Å². The molecule has 2 aromatic rings. The molecule has 4 heteroatoms. The molecular weight excluding hydrogens is 252 g/mol. The molecule has 1 aliphatic heterocycles. The molecule has 104 valence electrons. The predicted octanol–water partition coefficient (Wildman–Crippen LogP) is 2.91. The largest absolute Gasteiger partial charge is 0.467 e. The van der Waals surface area contributed by atoms with Crippen molar-refractivity contribution in [2.24, 2.45) is 0 Å². The molecule has 1 aliphatic rings. The van der Waals surface area contributed by atoms with E-state index in [-0.39, 0.29) is 5.91 Å². The van der Waals surface area contributed by atoms with Crippen molar-refractivity contribution in [1.29, 1.82) is 0 Å². The highest BCUT2D eigenvalue weighted by atomic mass is 16.3. The van der Waals surface area contributed by atoms with Gasteiger partial charge in [0.1, 0.15) is 5.76 Å². The van der Waals surface area contributed by atoms with Gasteiger partial charge < -0.3 is 14.6 Å². The molecule has 20 heavy (non-hydrogen) atoms. The van der Waals surface area contributed by atoms with Gasteiger partial charge in [0, 0.05) is 24.3 Å². The van der Waals surface area contributed by atoms with Crippen molar-refractivity contribution in [3.63, 3.8) is 0 Å². The first kappa shape index (κ1) is 12.8. The topological polar surface area (TPSA) is 45.5 Å². The molecule has 2 heterocycles. The Hall–Kier alpha value is -2.23. The van der Waals surface area contributed by atoms with Crippen LogP contribution >= 0.6 is 0 Å². The summed E-state index contributed by atoms with van der Waals surface area (Å²) in [6, 6.07) is 9.64. The molecule has 3 rings (SSSR count). The summed E-state index contributed by atoms with van der Waals surface area (Å²) in [6.45, 7) is 4.10. The number of amides is 1. The van der Waals surface area contributed by atoms with Crippen LogP contribution in [0.4, 0.5) is 5.69 Å². The van der Waals surface area contributed by atoms with E-state index in [1.165, 1.54) is 5.56 Å². The van der Waals surface area contributed by atoms with Crippen molar-refractivity contribution in [1.82, 2.24) is 4.90 Å². The third kappa shape index (κ3) is 2.41. The van der Waals surface area contributed by atoms with Gasteiger partial charge >= 0.3 is 0 Å². The van der Waals surface area contributed by atoms with Crippen LogP contribution in [-0.2, 0) is 13.0 Å². The fraction of sp³-hybridized carbons (Fsp3) is 0.312. The monoisotopic (exact) mass is 270 g/mol. The predicted molar refractivity (Wildman–Crippen MR) is 77.8 cm³/mol. The number of carbonyl (C=O) groups excluding carboxylic acids is 1. The number of anilines is 1. The van der Waals surface area contributed by atoms with Gasteiger partial charge in [0.2, 0.25) is 0 Å². The Bertz CT molecular complexity index is 605. The minimum absolute atomic E-state index is 0.0420. The van der Waals surface area contributed by atoms with E-state index in [0.717, 1.165) is 30.0 Å². The van der Waals surface area contributed by atoms with Gasteiger partial charge in [0.15, 0.2) is 0 Å². The molecule has 1 amide bonds. The van der Waals surface area contributed by atoms with Crippen LogP contribution in [0.3, 0.4) is 0 Å². The van der Waals surface area contributed by atoms with Crippen LogP contribution in [0.1, 0.15) is 28.6 Å². The van der Waals surface area contributed by atoms with Gasteiger partial charge in [-0.15, -0.1) is 0 Å². The van der Waals surface area contributed by atoms with Crippen molar-refractivity contribution in [3.05, 3.63) is 53.5 Å². The summed E-state index contributed by atoms with van der Waals surface area (Å²) in [5, 5.41) is 3.31. The Morgan fingerprint density at radius 3 is 3.05 bits per heavy atom. The third-order valence-electron chi connectivity index (χ3n) is 3.66. The summed E-state index contributed by atoms with van der Waals surface area (Å²) in [7, 11) is 0. The number of benzene rings is 1. The van der Waals surface area contributed by atoms with E-state index < -0.39 is 0 Å². The van der Waals surface area contributed by atoms with E-state index in [1.807, 2.05) is 37.3 Å². The van der Waals surface area contributed by atoms with Crippen LogP contribution in [0.5, 0.6) is 0 Å². The first-order valence-electron chi connectivity index (χ1n) is 6.96. The van der Waals surface area contributed by atoms with Crippen LogP contribution in [0.2, 0.25) is 0 Å². The molecule has 1 aromatic carbocycles. The molecular formula is C16H18N2O2. The van der Waals surface area contributed by atoms with Gasteiger partial charge in [-0.25, -0.2) is 0 Å². The molecule has 0 unspecified atom stereocenters. The summed E-state index contributed by atoms with van der Waals surface area (Å²) in [5.74, 6) is 0.847. The molecule has 1 N–H and O–H groups in total. The van der Waals surface area contributed by atoms with E-state index >= 15 is 0 Å². The Balaban J connectivity index is 1.79. The smallest absolute Gasteiger partial charge is 0.254 e. The van der Waals surface area contributed by atoms with E-state index in [9.17, 15) is 4.79 Å². The fourth-order valence-electron chi connectivity index (χ4n) is 2.52. The number of rotatable bonds is 4. The zero-order valence-electron chi connectivity index (χ0n) is 11.6. The van der Waals surface area contributed by atoms with E-state index in [2.05, 4.69) is 5.32 Å². The first-order chi connectivity index (χ1) is 9.78. The molecule has 0 atom stereocenters. The molecule has 0 saturated heterocycles.